The highest BCUT2D eigenvalue weighted by atomic mass is 79.9. The van der Waals surface area contributed by atoms with Gasteiger partial charge in [0.25, 0.3) is 0 Å². The Hall–Kier alpha value is -0.550. The SMILES string of the molecule is CCNC(COc1cccc(Cl)c1)Cc1sccc1Br. The summed E-state index contributed by atoms with van der Waals surface area (Å²) < 4.78 is 7.01. The Morgan fingerprint density at radius 2 is 2.25 bits per heavy atom. The van der Waals surface area contributed by atoms with Crippen molar-refractivity contribution >= 4 is 38.9 Å². The van der Waals surface area contributed by atoms with E-state index in [1.165, 1.54) is 9.35 Å². The summed E-state index contributed by atoms with van der Waals surface area (Å²) in [5.41, 5.74) is 0. The average molecular weight is 375 g/mol. The molecule has 0 saturated heterocycles. The molecule has 5 heteroatoms. The van der Waals surface area contributed by atoms with Gasteiger partial charge in [-0.15, -0.1) is 11.3 Å². The zero-order valence-corrected chi connectivity index (χ0v) is 14.4. The molecule has 2 nitrogen and oxygen atoms in total. The molecule has 0 spiro atoms. The molecule has 1 heterocycles. The van der Waals surface area contributed by atoms with E-state index in [1.54, 1.807) is 11.3 Å². The van der Waals surface area contributed by atoms with Crippen LogP contribution in [0.25, 0.3) is 0 Å². The van der Waals surface area contributed by atoms with Crippen LogP contribution in [0.2, 0.25) is 5.02 Å². The van der Waals surface area contributed by atoms with Gasteiger partial charge in [-0.3, -0.25) is 0 Å². The van der Waals surface area contributed by atoms with Gasteiger partial charge in [0, 0.05) is 26.8 Å². The normalized spacial score (nSPS) is 12.3. The summed E-state index contributed by atoms with van der Waals surface area (Å²) in [4.78, 5) is 1.34. The molecule has 0 bridgehead atoms. The second-order valence-electron chi connectivity index (χ2n) is 4.42. The minimum atomic E-state index is 0.286. The van der Waals surface area contributed by atoms with E-state index in [9.17, 15) is 0 Å². The Labute approximate surface area is 137 Å². The summed E-state index contributed by atoms with van der Waals surface area (Å²) in [6, 6.07) is 9.88. The zero-order valence-electron chi connectivity index (χ0n) is 11.2. The van der Waals surface area contributed by atoms with Crippen molar-refractivity contribution in [2.45, 2.75) is 19.4 Å². The maximum atomic E-state index is 5.96. The molecule has 0 radical (unpaired) electrons. The monoisotopic (exact) mass is 373 g/mol. The Kier molecular flexibility index (Phi) is 6.36. The van der Waals surface area contributed by atoms with Crippen LogP contribution in [-0.2, 0) is 6.42 Å². The fraction of sp³-hybridized carbons (Fsp3) is 0.333. The number of hydrogen-bond acceptors (Lipinski definition) is 3. The Bertz CT molecular complexity index is 546. The van der Waals surface area contributed by atoms with E-state index in [1.807, 2.05) is 24.3 Å². The fourth-order valence-corrected chi connectivity index (χ4v) is 3.70. The summed E-state index contributed by atoms with van der Waals surface area (Å²) >= 11 is 11.3. The van der Waals surface area contributed by atoms with Gasteiger partial charge in [-0.05, 0) is 52.1 Å². The van der Waals surface area contributed by atoms with Gasteiger partial charge in [-0.1, -0.05) is 24.6 Å². The number of rotatable bonds is 7. The van der Waals surface area contributed by atoms with Gasteiger partial charge in [-0.2, -0.15) is 0 Å². The summed E-state index contributed by atoms with van der Waals surface area (Å²) in [7, 11) is 0. The molecule has 0 aliphatic carbocycles. The Balaban J connectivity index is 1.94. The van der Waals surface area contributed by atoms with Crippen molar-refractivity contribution in [1.29, 1.82) is 0 Å². The van der Waals surface area contributed by atoms with Gasteiger partial charge in [0.2, 0.25) is 0 Å². The number of halogens is 2. The number of likely N-dealkylation sites (N-methyl/N-ethyl adjacent to an activating group) is 1. The third kappa shape index (κ3) is 4.77. The second-order valence-corrected chi connectivity index (χ2v) is 6.71. The molecule has 1 atom stereocenters. The lowest BCUT2D eigenvalue weighted by Crippen LogP contribution is -2.36. The summed E-state index contributed by atoms with van der Waals surface area (Å²) in [6.07, 6.45) is 0.951. The van der Waals surface area contributed by atoms with Crippen LogP contribution in [0, 0.1) is 0 Å². The molecule has 2 aromatic rings. The number of nitrogens with one attached hydrogen (secondary N) is 1. The first-order valence-electron chi connectivity index (χ1n) is 6.52. The standard InChI is InChI=1S/C15H17BrClNOS/c1-2-18-12(9-15-14(16)6-7-20-15)10-19-13-5-3-4-11(17)8-13/h3-8,12,18H,2,9-10H2,1H3. The minimum Gasteiger partial charge on any atom is -0.492 e. The van der Waals surface area contributed by atoms with Gasteiger partial charge >= 0.3 is 0 Å². The number of thiophene rings is 1. The van der Waals surface area contributed by atoms with Crippen molar-refractivity contribution in [2.75, 3.05) is 13.2 Å². The molecule has 1 N–H and O–H groups in total. The first kappa shape index (κ1) is 15.8. The predicted octanol–water partition coefficient (Wildman–Crippen LogP) is 4.76. The Morgan fingerprint density at radius 3 is 2.90 bits per heavy atom. The van der Waals surface area contributed by atoms with Crippen molar-refractivity contribution in [3.63, 3.8) is 0 Å². The topological polar surface area (TPSA) is 21.3 Å². The molecule has 2 rings (SSSR count). The zero-order chi connectivity index (χ0) is 14.4. The third-order valence-corrected chi connectivity index (χ3v) is 5.05. The molecule has 1 aromatic heterocycles. The van der Waals surface area contributed by atoms with Gasteiger partial charge in [0.15, 0.2) is 0 Å². The van der Waals surface area contributed by atoms with Gasteiger partial charge < -0.3 is 10.1 Å². The molecule has 0 amide bonds. The highest BCUT2D eigenvalue weighted by Crippen LogP contribution is 2.24. The van der Waals surface area contributed by atoms with Crippen LogP contribution in [-0.4, -0.2) is 19.2 Å². The largest absolute Gasteiger partial charge is 0.492 e. The molecule has 108 valence electrons. The van der Waals surface area contributed by atoms with Crippen LogP contribution in [0.3, 0.4) is 0 Å². The van der Waals surface area contributed by atoms with Gasteiger partial charge in [0.1, 0.15) is 12.4 Å². The molecule has 0 aliphatic heterocycles. The molecule has 0 saturated carbocycles. The van der Waals surface area contributed by atoms with Crippen LogP contribution in [0.4, 0.5) is 0 Å². The average Bonchev–Trinajstić information content (AvgIpc) is 2.82. The van der Waals surface area contributed by atoms with Crippen molar-refractivity contribution in [1.82, 2.24) is 5.32 Å². The first-order chi connectivity index (χ1) is 9.69. The van der Waals surface area contributed by atoms with Crippen LogP contribution in [0.5, 0.6) is 5.75 Å². The third-order valence-electron chi connectivity index (χ3n) is 2.86. The van der Waals surface area contributed by atoms with Crippen LogP contribution in [0.1, 0.15) is 11.8 Å². The number of hydrogen-bond donors (Lipinski definition) is 1. The van der Waals surface area contributed by atoms with E-state index in [-0.39, 0.29) is 6.04 Å². The maximum Gasteiger partial charge on any atom is 0.120 e. The van der Waals surface area contributed by atoms with E-state index < -0.39 is 0 Å². The van der Waals surface area contributed by atoms with Crippen molar-refractivity contribution in [2.24, 2.45) is 0 Å². The van der Waals surface area contributed by atoms with Crippen molar-refractivity contribution in [3.8, 4) is 5.75 Å². The summed E-state index contributed by atoms with van der Waals surface area (Å²) in [5, 5.41) is 6.26. The predicted molar refractivity (Wildman–Crippen MR) is 90.1 cm³/mol. The highest BCUT2D eigenvalue weighted by Gasteiger charge is 2.12. The minimum absolute atomic E-state index is 0.286. The lowest BCUT2D eigenvalue weighted by molar-refractivity contribution is 0.265. The van der Waals surface area contributed by atoms with Crippen molar-refractivity contribution in [3.05, 3.63) is 50.1 Å². The molecule has 0 aliphatic rings. The smallest absolute Gasteiger partial charge is 0.120 e. The van der Waals surface area contributed by atoms with E-state index in [0.29, 0.717) is 11.6 Å². The second kappa shape index (κ2) is 8.03. The van der Waals surface area contributed by atoms with Gasteiger partial charge in [-0.25, -0.2) is 0 Å². The molecule has 1 unspecified atom stereocenters. The fourth-order valence-electron chi connectivity index (χ4n) is 1.93. The molecule has 20 heavy (non-hydrogen) atoms. The molecule has 1 aromatic carbocycles. The summed E-state index contributed by atoms with van der Waals surface area (Å²) in [5.74, 6) is 0.811. The highest BCUT2D eigenvalue weighted by molar-refractivity contribution is 9.10. The number of ether oxygens (including phenoxy) is 1. The van der Waals surface area contributed by atoms with E-state index in [0.717, 1.165) is 18.7 Å². The molecular weight excluding hydrogens is 358 g/mol. The van der Waals surface area contributed by atoms with Crippen LogP contribution < -0.4 is 10.1 Å². The van der Waals surface area contributed by atoms with E-state index >= 15 is 0 Å². The van der Waals surface area contributed by atoms with Gasteiger partial charge in [0.05, 0.1) is 0 Å². The maximum absolute atomic E-state index is 5.96. The molecule has 0 fully saturated rings. The van der Waals surface area contributed by atoms with Crippen LogP contribution in [0.15, 0.2) is 40.2 Å². The summed E-state index contributed by atoms with van der Waals surface area (Å²) in [6.45, 7) is 3.65. The molecular formula is C15H17BrClNOS. The van der Waals surface area contributed by atoms with Crippen molar-refractivity contribution < 1.29 is 4.74 Å². The number of benzene rings is 1. The quantitative estimate of drug-likeness (QED) is 0.754. The Morgan fingerprint density at radius 1 is 1.40 bits per heavy atom. The van der Waals surface area contributed by atoms with E-state index in [4.69, 9.17) is 16.3 Å². The first-order valence-corrected chi connectivity index (χ1v) is 8.57. The van der Waals surface area contributed by atoms with Crippen LogP contribution >= 0.6 is 38.9 Å². The van der Waals surface area contributed by atoms with E-state index in [2.05, 4.69) is 39.6 Å². The lowest BCUT2D eigenvalue weighted by Gasteiger charge is -2.18. The lowest BCUT2D eigenvalue weighted by atomic mass is 10.2.